The molecule has 1 aromatic carbocycles. The molecule has 0 unspecified atom stereocenters. The fourth-order valence-electron chi connectivity index (χ4n) is 2.54. The molecule has 0 radical (unpaired) electrons. The van der Waals surface area contributed by atoms with E-state index in [-0.39, 0.29) is 5.91 Å². The zero-order valence-corrected chi connectivity index (χ0v) is 11.4. The van der Waals surface area contributed by atoms with Gasteiger partial charge < -0.3 is 10.4 Å². The molecule has 0 bridgehead atoms. The molecule has 19 heavy (non-hydrogen) atoms. The van der Waals surface area contributed by atoms with Crippen LogP contribution in [0.25, 0.3) is 0 Å². The number of hydrogen-bond acceptors (Lipinski definition) is 2. The third-order valence-electron chi connectivity index (χ3n) is 3.70. The van der Waals surface area contributed by atoms with Crippen LogP contribution < -0.4 is 5.32 Å². The first-order valence-corrected chi connectivity index (χ1v) is 6.67. The van der Waals surface area contributed by atoms with Crippen molar-refractivity contribution >= 4 is 29.2 Å². The average molecular weight is 282 g/mol. The van der Waals surface area contributed by atoms with Gasteiger partial charge in [0, 0.05) is 10.7 Å². The van der Waals surface area contributed by atoms with Gasteiger partial charge in [-0.25, -0.2) is 0 Å². The van der Waals surface area contributed by atoms with Gasteiger partial charge in [0.2, 0.25) is 5.91 Å². The van der Waals surface area contributed by atoms with E-state index in [1.165, 1.54) is 0 Å². The summed E-state index contributed by atoms with van der Waals surface area (Å²) >= 11 is 5.99. The number of amides is 1. The summed E-state index contributed by atoms with van der Waals surface area (Å²) in [5.41, 5.74) is 1.44. The normalized spacial score (nSPS) is 22.2. The molecule has 0 aliphatic heterocycles. The highest BCUT2D eigenvalue weighted by molar-refractivity contribution is 6.31. The lowest BCUT2D eigenvalue weighted by molar-refractivity contribution is -0.145. The molecule has 4 nitrogen and oxygen atoms in total. The molecule has 0 aromatic heterocycles. The molecular weight excluding hydrogens is 266 g/mol. The van der Waals surface area contributed by atoms with Crippen molar-refractivity contribution in [1.29, 1.82) is 0 Å². The summed E-state index contributed by atoms with van der Waals surface area (Å²) in [6.07, 6.45) is 1.98. The second-order valence-corrected chi connectivity index (χ2v) is 5.29. The van der Waals surface area contributed by atoms with Gasteiger partial charge in [-0.2, -0.15) is 0 Å². The number of aliphatic carboxylic acids is 1. The number of carbonyl (C=O) groups is 2. The number of carboxylic acids is 1. The number of nitrogens with one attached hydrogen (secondary N) is 1. The van der Waals surface area contributed by atoms with E-state index in [2.05, 4.69) is 5.32 Å². The van der Waals surface area contributed by atoms with Crippen molar-refractivity contribution in [3.8, 4) is 0 Å². The van der Waals surface area contributed by atoms with Gasteiger partial charge in [-0.3, -0.25) is 9.59 Å². The second kappa shape index (κ2) is 5.61. The highest BCUT2D eigenvalue weighted by Crippen LogP contribution is 2.33. The Kier molecular flexibility index (Phi) is 4.10. The molecule has 2 N–H and O–H groups in total. The van der Waals surface area contributed by atoms with E-state index in [0.29, 0.717) is 23.6 Å². The molecule has 2 atom stereocenters. The summed E-state index contributed by atoms with van der Waals surface area (Å²) in [4.78, 5) is 23.3. The Morgan fingerprint density at radius 3 is 2.68 bits per heavy atom. The number of halogens is 1. The summed E-state index contributed by atoms with van der Waals surface area (Å²) in [6.45, 7) is 1.82. The number of carboxylic acid groups (broad SMARTS) is 1. The Bertz CT molecular complexity index is 515. The molecule has 5 heteroatoms. The van der Waals surface area contributed by atoms with Crippen molar-refractivity contribution in [3.05, 3.63) is 28.8 Å². The molecule has 1 aliphatic carbocycles. The summed E-state index contributed by atoms with van der Waals surface area (Å²) in [7, 11) is 0. The van der Waals surface area contributed by atoms with Crippen LogP contribution in [-0.4, -0.2) is 17.0 Å². The zero-order chi connectivity index (χ0) is 14.0. The van der Waals surface area contributed by atoms with E-state index in [4.69, 9.17) is 16.7 Å². The second-order valence-electron chi connectivity index (χ2n) is 4.88. The average Bonchev–Trinajstić information content (AvgIpc) is 2.84. The third-order valence-corrected chi connectivity index (χ3v) is 4.10. The van der Waals surface area contributed by atoms with Crippen molar-refractivity contribution in [2.45, 2.75) is 26.2 Å². The van der Waals surface area contributed by atoms with Gasteiger partial charge in [-0.15, -0.1) is 0 Å². The Morgan fingerprint density at radius 2 is 2.00 bits per heavy atom. The van der Waals surface area contributed by atoms with Crippen molar-refractivity contribution in [2.24, 2.45) is 11.8 Å². The third kappa shape index (κ3) is 2.89. The van der Waals surface area contributed by atoms with Gasteiger partial charge >= 0.3 is 5.97 Å². The Balaban J connectivity index is 2.13. The fraction of sp³-hybridized carbons (Fsp3) is 0.429. The van der Waals surface area contributed by atoms with Crippen molar-refractivity contribution in [1.82, 2.24) is 0 Å². The van der Waals surface area contributed by atoms with Crippen LogP contribution in [0, 0.1) is 18.8 Å². The number of anilines is 1. The predicted molar refractivity (Wildman–Crippen MR) is 73.3 cm³/mol. The first kappa shape index (κ1) is 13.9. The molecule has 0 spiro atoms. The summed E-state index contributed by atoms with van der Waals surface area (Å²) in [5, 5.41) is 12.5. The first-order valence-electron chi connectivity index (χ1n) is 6.29. The van der Waals surface area contributed by atoms with Crippen LogP contribution in [-0.2, 0) is 9.59 Å². The minimum Gasteiger partial charge on any atom is -0.481 e. The van der Waals surface area contributed by atoms with Crippen molar-refractivity contribution < 1.29 is 14.7 Å². The molecule has 1 aliphatic rings. The Hall–Kier alpha value is -1.55. The Morgan fingerprint density at radius 1 is 1.32 bits per heavy atom. The van der Waals surface area contributed by atoms with Gasteiger partial charge in [0.15, 0.2) is 0 Å². The molecule has 1 fully saturated rings. The van der Waals surface area contributed by atoms with Crippen LogP contribution in [0.1, 0.15) is 24.8 Å². The number of carbonyl (C=O) groups excluding carboxylic acids is 1. The van der Waals surface area contributed by atoms with E-state index in [0.717, 1.165) is 12.0 Å². The zero-order valence-electron chi connectivity index (χ0n) is 10.6. The van der Waals surface area contributed by atoms with E-state index in [1.807, 2.05) is 6.92 Å². The van der Waals surface area contributed by atoms with Gasteiger partial charge in [-0.05, 0) is 37.5 Å². The summed E-state index contributed by atoms with van der Waals surface area (Å²) in [5.74, 6) is -2.13. The molecule has 1 amide bonds. The van der Waals surface area contributed by atoms with Crippen LogP contribution in [0.4, 0.5) is 5.69 Å². The minimum atomic E-state index is -0.888. The maximum atomic E-state index is 12.2. The maximum Gasteiger partial charge on any atom is 0.307 e. The van der Waals surface area contributed by atoms with Crippen LogP contribution >= 0.6 is 11.6 Å². The van der Waals surface area contributed by atoms with Gasteiger partial charge in [0.25, 0.3) is 0 Å². The molecule has 1 aromatic rings. The van der Waals surface area contributed by atoms with Crippen LogP contribution in [0.3, 0.4) is 0 Å². The molecule has 2 rings (SSSR count). The van der Waals surface area contributed by atoms with Gasteiger partial charge in [0.05, 0.1) is 11.8 Å². The standard InChI is InChI=1S/C14H16ClNO3/c1-8-11(15)6-3-7-12(8)16-13(17)9-4-2-5-10(9)14(18)19/h3,6-7,9-10H,2,4-5H2,1H3,(H,16,17)(H,18,19)/t9-,10+/m1/s1. The van der Waals surface area contributed by atoms with Gasteiger partial charge in [-0.1, -0.05) is 24.1 Å². The van der Waals surface area contributed by atoms with E-state index < -0.39 is 17.8 Å². The molecule has 1 saturated carbocycles. The maximum absolute atomic E-state index is 12.2. The lowest BCUT2D eigenvalue weighted by Gasteiger charge is -2.17. The van der Waals surface area contributed by atoms with E-state index >= 15 is 0 Å². The SMILES string of the molecule is Cc1c(Cl)cccc1NC(=O)[C@@H]1CCC[C@@H]1C(=O)O. The predicted octanol–water partition coefficient (Wildman–Crippen LogP) is 3.09. The molecule has 0 heterocycles. The molecule has 102 valence electrons. The highest BCUT2D eigenvalue weighted by atomic mass is 35.5. The van der Waals surface area contributed by atoms with Crippen LogP contribution in [0.15, 0.2) is 18.2 Å². The molecular formula is C14H16ClNO3. The quantitative estimate of drug-likeness (QED) is 0.895. The Labute approximate surface area is 116 Å². The molecule has 0 saturated heterocycles. The lowest BCUT2D eigenvalue weighted by atomic mass is 9.95. The summed E-state index contributed by atoms with van der Waals surface area (Å²) < 4.78 is 0. The van der Waals surface area contributed by atoms with E-state index in [1.54, 1.807) is 18.2 Å². The largest absolute Gasteiger partial charge is 0.481 e. The van der Waals surface area contributed by atoms with Crippen LogP contribution in [0.5, 0.6) is 0 Å². The van der Waals surface area contributed by atoms with E-state index in [9.17, 15) is 9.59 Å². The number of benzene rings is 1. The van der Waals surface area contributed by atoms with Gasteiger partial charge in [0.1, 0.15) is 0 Å². The summed E-state index contributed by atoms with van der Waals surface area (Å²) in [6, 6.07) is 5.28. The highest BCUT2D eigenvalue weighted by Gasteiger charge is 2.37. The first-order chi connectivity index (χ1) is 9.00. The fourth-order valence-corrected chi connectivity index (χ4v) is 2.71. The lowest BCUT2D eigenvalue weighted by Crippen LogP contribution is -2.30. The topological polar surface area (TPSA) is 66.4 Å². The van der Waals surface area contributed by atoms with Crippen LogP contribution in [0.2, 0.25) is 5.02 Å². The monoisotopic (exact) mass is 281 g/mol. The number of hydrogen-bond donors (Lipinski definition) is 2. The number of rotatable bonds is 3. The van der Waals surface area contributed by atoms with Crippen molar-refractivity contribution in [3.63, 3.8) is 0 Å². The smallest absolute Gasteiger partial charge is 0.307 e. The van der Waals surface area contributed by atoms with Crippen molar-refractivity contribution in [2.75, 3.05) is 5.32 Å². The minimum absolute atomic E-state index is 0.227.